The number of hydrogen-bond donors (Lipinski definition) is 2. The predicted octanol–water partition coefficient (Wildman–Crippen LogP) is 2.08. The minimum absolute atomic E-state index is 0.330. The average molecular weight is 294 g/mol. The van der Waals surface area contributed by atoms with Crippen LogP contribution in [-0.4, -0.2) is 30.9 Å². The van der Waals surface area contributed by atoms with E-state index in [0.29, 0.717) is 29.0 Å². The molecule has 2 aromatic rings. The molecule has 1 aliphatic rings. The number of fused-ring (bicyclic) bond motifs is 1. The molecule has 3 rings (SSSR count). The van der Waals surface area contributed by atoms with Crippen molar-refractivity contribution in [3.63, 3.8) is 0 Å². The molecule has 2 aromatic heterocycles. The third-order valence-electron chi connectivity index (χ3n) is 4.41. The normalized spacial score (nSPS) is 33.7. The minimum Gasteiger partial charge on any atom is -0.387 e. The molecule has 5 nitrogen and oxygen atoms in total. The number of aliphatic hydroxyl groups is 2. The van der Waals surface area contributed by atoms with E-state index in [1.54, 1.807) is 22.9 Å². The smallest absolute Gasteiger partial charge is 0.170 e. The zero-order valence-electron chi connectivity index (χ0n) is 11.1. The van der Waals surface area contributed by atoms with Crippen LogP contribution in [0.3, 0.4) is 0 Å². The number of rotatable bonds is 2. The van der Waals surface area contributed by atoms with Crippen LogP contribution in [0.2, 0.25) is 5.15 Å². The van der Waals surface area contributed by atoms with E-state index < -0.39 is 17.2 Å². The van der Waals surface area contributed by atoms with Gasteiger partial charge in [-0.15, -0.1) is 6.58 Å². The quantitative estimate of drug-likeness (QED) is 0.657. The van der Waals surface area contributed by atoms with E-state index in [0.717, 1.165) is 0 Å². The Balaban J connectivity index is 2.16. The number of hydrogen-bond acceptors (Lipinski definition) is 4. The van der Waals surface area contributed by atoms with Crippen LogP contribution in [0.25, 0.3) is 11.0 Å². The first-order valence-electron chi connectivity index (χ1n) is 6.44. The van der Waals surface area contributed by atoms with Crippen molar-refractivity contribution in [3.05, 3.63) is 36.4 Å². The van der Waals surface area contributed by atoms with Gasteiger partial charge in [-0.1, -0.05) is 24.6 Å². The molecule has 1 fully saturated rings. The van der Waals surface area contributed by atoms with E-state index in [-0.39, 0.29) is 0 Å². The molecule has 2 heterocycles. The van der Waals surface area contributed by atoms with Crippen LogP contribution in [0.15, 0.2) is 31.2 Å². The number of halogens is 1. The highest BCUT2D eigenvalue weighted by Crippen LogP contribution is 2.48. The summed E-state index contributed by atoms with van der Waals surface area (Å²) in [6.45, 7) is 5.65. The van der Waals surface area contributed by atoms with Crippen LogP contribution >= 0.6 is 11.6 Å². The van der Waals surface area contributed by atoms with Gasteiger partial charge in [-0.05, 0) is 18.9 Å². The van der Waals surface area contributed by atoms with Crippen molar-refractivity contribution in [2.75, 3.05) is 0 Å². The van der Waals surface area contributed by atoms with E-state index in [1.165, 1.54) is 6.33 Å². The summed E-state index contributed by atoms with van der Waals surface area (Å²) in [4.78, 5) is 8.08. The largest absolute Gasteiger partial charge is 0.387 e. The van der Waals surface area contributed by atoms with Crippen molar-refractivity contribution in [1.29, 1.82) is 0 Å². The van der Waals surface area contributed by atoms with Gasteiger partial charge in [0.25, 0.3) is 0 Å². The van der Waals surface area contributed by atoms with Crippen LogP contribution in [-0.2, 0) is 5.72 Å². The van der Waals surface area contributed by atoms with Gasteiger partial charge in [0, 0.05) is 11.6 Å². The predicted molar refractivity (Wildman–Crippen MR) is 76.3 cm³/mol. The summed E-state index contributed by atoms with van der Waals surface area (Å²) in [6, 6.07) is 1.74. The summed E-state index contributed by atoms with van der Waals surface area (Å²) in [7, 11) is 0. The van der Waals surface area contributed by atoms with Crippen molar-refractivity contribution < 1.29 is 10.2 Å². The van der Waals surface area contributed by atoms with Crippen molar-refractivity contribution in [1.82, 2.24) is 14.5 Å². The molecule has 0 bridgehead atoms. The van der Waals surface area contributed by atoms with Gasteiger partial charge >= 0.3 is 0 Å². The second-order valence-corrected chi connectivity index (χ2v) is 5.94. The van der Waals surface area contributed by atoms with Gasteiger partial charge in [0.2, 0.25) is 0 Å². The van der Waals surface area contributed by atoms with Crippen LogP contribution < -0.4 is 0 Å². The monoisotopic (exact) mass is 293 g/mol. The highest BCUT2D eigenvalue weighted by Gasteiger charge is 2.53. The number of aliphatic hydroxyl groups excluding tert-OH is 1. The lowest BCUT2D eigenvalue weighted by molar-refractivity contribution is -0.131. The Bertz CT molecular complexity index is 686. The fourth-order valence-electron chi connectivity index (χ4n) is 2.95. The van der Waals surface area contributed by atoms with Gasteiger partial charge in [-0.2, -0.15) is 0 Å². The zero-order chi connectivity index (χ0) is 14.5. The standard InChI is InChI=1S/C14H16ClN3O2/c1-3-13(2)5-6-14(20,12(13)19)18-7-4-9-10(15)16-8-17-11(9)18/h3-4,7-8,12,19-20H,1,5-6H2,2H3/t12-,13+,14+/m1/s1. The van der Waals surface area contributed by atoms with Crippen molar-refractivity contribution in [3.8, 4) is 0 Å². The van der Waals surface area contributed by atoms with Crippen molar-refractivity contribution in [2.45, 2.75) is 31.6 Å². The van der Waals surface area contributed by atoms with Crippen LogP contribution in [0.4, 0.5) is 0 Å². The first-order valence-corrected chi connectivity index (χ1v) is 6.82. The Morgan fingerprint density at radius 3 is 2.90 bits per heavy atom. The van der Waals surface area contributed by atoms with Crippen LogP contribution in [0.1, 0.15) is 19.8 Å². The summed E-state index contributed by atoms with van der Waals surface area (Å²) in [5, 5.41) is 22.5. The Labute approximate surface area is 121 Å². The average Bonchev–Trinajstić information content (AvgIpc) is 2.97. The molecule has 0 saturated heterocycles. The lowest BCUT2D eigenvalue weighted by Crippen LogP contribution is -2.45. The molecule has 0 aliphatic heterocycles. The molecule has 0 amide bonds. The van der Waals surface area contributed by atoms with E-state index >= 15 is 0 Å². The molecule has 20 heavy (non-hydrogen) atoms. The molecule has 6 heteroatoms. The molecule has 2 N–H and O–H groups in total. The van der Waals surface area contributed by atoms with Gasteiger partial charge in [0.15, 0.2) is 5.72 Å². The molecule has 3 atom stereocenters. The van der Waals surface area contributed by atoms with Crippen LogP contribution in [0, 0.1) is 5.41 Å². The van der Waals surface area contributed by atoms with E-state index in [9.17, 15) is 10.2 Å². The summed E-state index contributed by atoms with van der Waals surface area (Å²) in [5.74, 6) is 0. The molecule has 106 valence electrons. The van der Waals surface area contributed by atoms with Gasteiger partial charge in [0.1, 0.15) is 23.2 Å². The molecular weight excluding hydrogens is 278 g/mol. The topological polar surface area (TPSA) is 71.2 Å². The van der Waals surface area contributed by atoms with Crippen molar-refractivity contribution >= 4 is 22.6 Å². The Kier molecular flexibility index (Phi) is 2.90. The maximum atomic E-state index is 10.9. The zero-order valence-corrected chi connectivity index (χ0v) is 11.9. The first-order chi connectivity index (χ1) is 9.42. The summed E-state index contributed by atoms with van der Waals surface area (Å²) in [5.41, 5.74) is -1.43. The van der Waals surface area contributed by atoms with Crippen LogP contribution in [0.5, 0.6) is 0 Å². The van der Waals surface area contributed by atoms with Gasteiger partial charge in [-0.25, -0.2) is 9.97 Å². The van der Waals surface area contributed by atoms with Crippen molar-refractivity contribution in [2.24, 2.45) is 5.41 Å². The third-order valence-corrected chi connectivity index (χ3v) is 4.71. The second kappa shape index (κ2) is 4.28. The SMILES string of the molecule is C=C[C@@]1(C)CC[C@@](O)(n2ccc3c(Cl)ncnc32)[C@@H]1O. The minimum atomic E-state index is -1.41. The van der Waals surface area contributed by atoms with E-state index in [4.69, 9.17) is 11.6 Å². The Morgan fingerprint density at radius 2 is 2.25 bits per heavy atom. The Hall–Kier alpha value is -1.43. The second-order valence-electron chi connectivity index (χ2n) is 5.58. The lowest BCUT2D eigenvalue weighted by atomic mass is 9.85. The highest BCUT2D eigenvalue weighted by molar-refractivity contribution is 6.33. The summed E-state index contributed by atoms with van der Waals surface area (Å²) >= 11 is 6.02. The highest BCUT2D eigenvalue weighted by atomic mass is 35.5. The fraction of sp³-hybridized carbons (Fsp3) is 0.429. The molecule has 0 aromatic carbocycles. The van der Waals surface area contributed by atoms with E-state index in [1.807, 2.05) is 6.92 Å². The van der Waals surface area contributed by atoms with Gasteiger partial charge in [0.05, 0.1) is 5.39 Å². The number of aromatic nitrogens is 3. The molecular formula is C14H16ClN3O2. The molecule has 1 aliphatic carbocycles. The summed E-state index contributed by atoms with van der Waals surface area (Å²) in [6.07, 6.45) is 4.83. The van der Waals surface area contributed by atoms with Gasteiger partial charge in [-0.3, -0.25) is 0 Å². The Morgan fingerprint density at radius 1 is 1.50 bits per heavy atom. The molecule has 0 radical (unpaired) electrons. The van der Waals surface area contributed by atoms with Gasteiger partial charge < -0.3 is 14.8 Å². The van der Waals surface area contributed by atoms with E-state index in [2.05, 4.69) is 16.5 Å². The number of nitrogens with zero attached hydrogens (tertiary/aromatic N) is 3. The molecule has 0 spiro atoms. The lowest BCUT2D eigenvalue weighted by Gasteiger charge is -2.34. The maximum Gasteiger partial charge on any atom is 0.170 e. The molecule has 0 unspecified atom stereocenters. The first kappa shape index (κ1) is 13.5. The molecule has 1 saturated carbocycles. The third kappa shape index (κ3) is 1.63. The maximum absolute atomic E-state index is 10.9. The fourth-order valence-corrected chi connectivity index (χ4v) is 3.14. The summed E-state index contributed by atoms with van der Waals surface area (Å²) < 4.78 is 1.58.